The predicted molar refractivity (Wildman–Crippen MR) is 108 cm³/mol. The van der Waals surface area contributed by atoms with E-state index in [9.17, 15) is 17.6 Å². The molecular formula is C20H21FN2O4S2. The van der Waals surface area contributed by atoms with E-state index in [0.29, 0.717) is 6.42 Å². The number of ether oxygens (including phenoxy) is 1. The van der Waals surface area contributed by atoms with Crippen molar-refractivity contribution in [2.75, 3.05) is 12.9 Å². The fourth-order valence-electron chi connectivity index (χ4n) is 3.27. The molecule has 4 rings (SSSR count). The Bertz CT molecular complexity index is 1050. The number of benzene rings is 2. The molecule has 1 aliphatic heterocycles. The molecule has 2 aromatic carbocycles. The first-order valence-corrected chi connectivity index (χ1v) is 11.8. The molecule has 1 aliphatic carbocycles. The number of methoxy groups -OCH3 is 1. The standard InChI is InChI=1S/C20H21FN2O4S2/c1-27-17-6-2-12(10-19(17)29(25,26)23-14-4-5-14)20(24)22-16-8-9-28-18-7-3-13(21)11-15(16)18/h2-3,6-7,10-11,14,16,23H,4-5,8-9H2,1H3,(H,22,24)/t16-/m1/s1. The minimum atomic E-state index is -3.79. The van der Waals surface area contributed by atoms with Crippen LogP contribution in [0.1, 0.15) is 41.2 Å². The van der Waals surface area contributed by atoms with E-state index in [4.69, 9.17) is 4.74 Å². The van der Waals surface area contributed by atoms with Crippen molar-refractivity contribution in [1.29, 1.82) is 0 Å². The van der Waals surface area contributed by atoms with Gasteiger partial charge in [-0.2, -0.15) is 0 Å². The van der Waals surface area contributed by atoms with Gasteiger partial charge in [-0.25, -0.2) is 17.5 Å². The molecule has 154 valence electrons. The zero-order valence-corrected chi connectivity index (χ0v) is 17.4. The normalized spacial score (nSPS) is 18.8. The van der Waals surface area contributed by atoms with Crippen LogP contribution in [-0.2, 0) is 10.0 Å². The molecule has 29 heavy (non-hydrogen) atoms. The number of carbonyl (C=O) groups excluding carboxylic acids is 1. The van der Waals surface area contributed by atoms with Gasteiger partial charge in [0.05, 0.1) is 13.2 Å². The molecule has 2 aliphatic rings. The molecule has 0 radical (unpaired) electrons. The van der Waals surface area contributed by atoms with Crippen molar-refractivity contribution >= 4 is 27.7 Å². The summed E-state index contributed by atoms with van der Waals surface area (Å²) in [6.45, 7) is 0. The molecule has 9 heteroatoms. The summed E-state index contributed by atoms with van der Waals surface area (Å²) < 4.78 is 46.8. The van der Waals surface area contributed by atoms with Crippen LogP contribution in [-0.4, -0.2) is 33.2 Å². The Morgan fingerprint density at radius 2 is 1.97 bits per heavy atom. The first-order chi connectivity index (χ1) is 13.9. The lowest BCUT2D eigenvalue weighted by atomic mass is 10.0. The summed E-state index contributed by atoms with van der Waals surface area (Å²) in [5.41, 5.74) is 0.949. The molecule has 1 saturated carbocycles. The maximum atomic E-state index is 13.7. The minimum absolute atomic E-state index is 0.0617. The lowest BCUT2D eigenvalue weighted by Gasteiger charge is -2.26. The highest BCUT2D eigenvalue weighted by Gasteiger charge is 2.31. The Hall–Kier alpha value is -2.10. The summed E-state index contributed by atoms with van der Waals surface area (Å²) in [7, 11) is -2.41. The zero-order valence-electron chi connectivity index (χ0n) is 15.8. The van der Waals surface area contributed by atoms with Crippen molar-refractivity contribution in [3.8, 4) is 5.75 Å². The molecule has 0 bridgehead atoms. The highest BCUT2D eigenvalue weighted by molar-refractivity contribution is 7.99. The minimum Gasteiger partial charge on any atom is -0.495 e. The third-order valence-corrected chi connectivity index (χ3v) is 7.60. The van der Waals surface area contributed by atoms with Crippen LogP contribution < -0.4 is 14.8 Å². The fraction of sp³-hybridized carbons (Fsp3) is 0.350. The van der Waals surface area contributed by atoms with Crippen molar-refractivity contribution in [3.63, 3.8) is 0 Å². The Kier molecular flexibility index (Phi) is 5.54. The highest BCUT2D eigenvalue weighted by Crippen LogP contribution is 2.37. The first-order valence-electron chi connectivity index (χ1n) is 9.31. The molecule has 1 amide bonds. The predicted octanol–water partition coefficient (Wildman–Crippen LogP) is 3.24. The Labute approximate surface area is 173 Å². The van der Waals surface area contributed by atoms with Gasteiger partial charge in [0.2, 0.25) is 10.0 Å². The number of rotatable bonds is 6. The molecule has 0 aromatic heterocycles. The lowest BCUT2D eigenvalue weighted by molar-refractivity contribution is 0.0934. The van der Waals surface area contributed by atoms with E-state index in [1.807, 2.05) is 0 Å². The number of amides is 1. The van der Waals surface area contributed by atoms with E-state index in [-0.39, 0.29) is 34.1 Å². The number of nitrogens with one attached hydrogen (secondary N) is 2. The molecule has 0 unspecified atom stereocenters. The molecule has 2 N–H and O–H groups in total. The number of carbonyl (C=O) groups is 1. The molecular weight excluding hydrogens is 415 g/mol. The van der Waals surface area contributed by atoms with Gasteiger partial charge >= 0.3 is 0 Å². The van der Waals surface area contributed by atoms with Gasteiger partial charge in [0.15, 0.2) is 0 Å². The molecule has 6 nitrogen and oxygen atoms in total. The second-order valence-corrected chi connectivity index (χ2v) is 9.93. The highest BCUT2D eigenvalue weighted by atomic mass is 32.2. The van der Waals surface area contributed by atoms with Gasteiger partial charge in [0, 0.05) is 22.3 Å². The molecule has 2 aromatic rings. The van der Waals surface area contributed by atoms with Crippen LogP contribution >= 0.6 is 11.8 Å². The van der Waals surface area contributed by atoms with Crippen LogP contribution in [0.4, 0.5) is 4.39 Å². The number of thioether (sulfide) groups is 1. The average molecular weight is 437 g/mol. The summed E-state index contributed by atoms with van der Waals surface area (Å²) in [5, 5.41) is 2.91. The quantitative estimate of drug-likeness (QED) is 0.726. The van der Waals surface area contributed by atoms with Crippen molar-refractivity contribution < 1.29 is 22.3 Å². The third-order valence-electron chi connectivity index (χ3n) is 4.93. The molecule has 1 fully saturated rings. The van der Waals surface area contributed by atoms with Crippen LogP contribution in [0.5, 0.6) is 5.75 Å². The second kappa shape index (κ2) is 7.97. The maximum absolute atomic E-state index is 13.7. The van der Waals surface area contributed by atoms with E-state index in [1.165, 1.54) is 37.4 Å². The van der Waals surface area contributed by atoms with Gasteiger partial charge in [-0.3, -0.25) is 4.79 Å². The monoisotopic (exact) mass is 436 g/mol. The summed E-state index contributed by atoms with van der Waals surface area (Å²) in [4.78, 5) is 13.7. The van der Waals surface area contributed by atoms with Gasteiger partial charge in [0.1, 0.15) is 16.5 Å². The van der Waals surface area contributed by atoms with Gasteiger partial charge in [0.25, 0.3) is 5.91 Å². The SMILES string of the molecule is COc1ccc(C(=O)N[C@@H]2CCSc3ccc(F)cc32)cc1S(=O)(=O)NC1CC1. The molecule has 1 atom stereocenters. The Morgan fingerprint density at radius 1 is 1.17 bits per heavy atom. The van der Waals surface area contributed by atoms with Crippen LogP contribution in [0.2, 0.25) is 0 Å². The van der Waals surface area contributed by atoms with Gasteiger partial charge in [-0.1, -0.05) is 0 Å². The van der Waals surface area contributed by atoms with Crippen LogP contribution in [0.3, 0.4) is 0 Å². The van der Waals surface area contributed by atoms with Crippen LogP contribution in [0, 0.1) is 5.82 Å². The van der Waals surface area contributed by atoms with Crippen molar-refractivity contribution in [1.82, 2.24) is 10.0 Å². The summed E-state index contributed by atoms with van der Waals surface area (Å²) in [5.74, 6) is 0.213. The van der Waals surface area contributed by atoms with Crippen molar-refractivity contribution in [2.45, 2.75) is 41.1 Å². The second-order valence-electron chi connectivity index (χ2n) is 7.11. The fourth-order valence-corrected chi connectivity index (χ4v) is 5.87. The number of hydrogen-bond donors (Lipinski definition) is 2. The molecule has 0 spiro atoms. The maximum Gasteiger partial charge on any atom is 0.251 e. The molecule has 1 heterocycles. The van der Waals surface area contributed by atoms with Crippen LogP contribution in [0.25, 0.3) is 0 Å². The topological polar surface area (TPSA) is 84.5 Å². The van der Waals surface area contributed by atoms with E-state index in [0.717, 1.165) is 29.1 Å². The lowest BCUT2D eigenvalue weighted by Crippen LogP contribution is -2.31. The number of fused-ring (bicyclic) bond motifs is 1. The van der Waals surface area contributed by atoms with E-state index >= 15 is 0 Å². The van der Waals surface area contributed by atoms with Gasteiger partial charge in [-0.05, 0) is 61.2 Å². The largest absolute Gasteiger partial charge is 0.495 e. The number of hydrogen-bond acceptors (Lipinski definition) is 5. The summed E-state index contributed by atoms with van der Waals surface area (Å²) >= 11 is 1.62. The van der Waals surface area contributed by atoms with E-state index in [2.05, 4.69) is 10.0 Å². The zero-order chi connectivity index (χ0) is 20.6. The number of halogens is 1. The Balaban J connectivity index is 1.60. The third kappa shape index (κ3) is 4.41. The van der Waals surface area contributed by atoms with Crippen molar-refractivity contribution in [2.24, 2.45) is 0 Å². The van der Waals surface area contributed by atoms with Crippen LogP contribution in [0.15, 0.2) is 46.2 Å². The van der Waals surface area contributed by atoms with Gasteiger partial charge in [-0.15, -0.1) is 11.8 Å². The number of sulfonamides is 1. The Morgan fingerprint density at radius 3 is 2.69 bits per heavy atom. The summed E-state index contributed by atoms with van der Waals surface area (Å²) in [6.07, 6.45) is 2.27. The van der Waals surface area contributed by atoms with Gasteiger partial charge < -0.3 is 10.1 Å². The van der Waals surface area contributed by atoms with Crippen molar-refractivity contribution in [3.05, 3.63) is 53.3 Å². The summed E-state index contributed by atoms with van der Waals surface area (Å²) in [6, 6.07) is 8.49. The first kappa shape index (κ1) is 20.2. The van der Waals surface area contributed by atoms with E-state index in [1.54, 1.807) is 17.8 Å². The van der Waals surface area contributed by atoms with E-state index < -0.39 is 15.9 Å². The molecule has 0 saturated heterocycles. The smallest absolute Gasteiger partial charge is 0.251 e. The average Bonchev–Trinajstić information content (AvgIpc) is 3.51.